The van der Waals surface area contributed by atoms with E-state index >= 15 is 0 Å². The Morgan fingerprint density at radius 3 is 2.75 bits per heavy atom. The Labute approximate surface area is 97.6 Å². The van der Waals surface area contributed by atoms with Crippen molar-refractivity contribution >= 4 is 17.9 Å². The molecule has 0 atom stereocenters. The van der Waals surface area contributed by atoms with Crippen molar-refractivity contribution in [1.82, 2.24) is 0 Å². The average molecular weight is 237 g/mol. The van der Waals surface area contributed by atoms with E-state index in [0.717, 1.165) is 5.56 Å². The molecule has 0 bridgehead atoms. The molecule has 0 aliphatic heterocycles. The van der Waals surface area contributed by atoms with Gasteiger partial charge >= 0.3 is 0 Å². The van der Waals surface area contributed by atoms with Gasteiger partial charge in [0.25, 0.3) is 0 Å². The molecule has 0 saturated heterocycles. The van der Waals surface area contributed by atoms with Gasteiger partial charge in [-0.25, -0.2) is 0 Å². The van der Waals surface area contributed by atoms with Gasteiger partial charge in [-0.3, -0.25) is 4.79 Å². The Balaban J connectivity index is 2.54. The molecule has 0 radical (unpaired) electrons. The monoisotopic (exact) mass is 236 g/mol. The number of methoxy groups -OCH3 is 1. The predicted octanol–water partition coefficient (Wildman–Crippen LogP) is 3.42. The Morgan fingerprint density at radius 2 is 2.12 bits per heavy atom. The second-order valence-corrected chi connectivity index (χ2v) is 3.55. The van der Waals surface area contributed by atoms with Crippen molar-refractivity contribution in [2.24, 2.45) is 0 Å². The molecule has 16 heavy (non-hydrogen) atoms. The number of halogens is 1. The van der Waals surface area contributed by atoms with Gasteiger partial charge in [0.1, 0.15) is 11.5 Å². The molecule has 3 nitrogen and oxygen atoms in total. The van der Waals surface area contributed by atoms with Gasteiger partial charge in [0, 0.05) is 0 Å². The van der Waals surface area contributed by atoms with E-state index in [2.05, 4.69) is 0 Å². The average Bonchev–Trinajstić information content (AvgIpc) is 2.77. The van der Waals surface area contributed by atoms with Crippen molar-refractivity contribution in [1.29, 1.82) is 0 Å². The second kappa shape index (κ2) is 4.41. The number of rotatable bonds is 3. The molecule has 0 fully saturated rings. The van der Waals surface area contributed by atoms with Crippen LogP contribution < -0.4 is 4.74 Å². The van der Waals surface area contributed by atoms with Crippen molar-refractivity contribution in [3.63, 3.8) is 0 Å². The fourth-order valence-corrected chi connectivity index (χ4v) is 1.72. The van der Waals surface area contributed by atoms with Crippen LogP contribution in [-0.4, -0.2) is 13.4 Å². The van der Waals surface area contributed by atoms with Crippen LogP contribution in [0.5, 0.6) is 5.75 Å². The summed E-state index contributed by atoms with van der Waals surface area (Å²) >= 11 is 5.98. The maximum absolute atomic E-state index is 10.5. The van der Waals surface area contributed by atoms with Gasteiger partial charge in [-0.2, -0.15) is 0 Å². The highest BCUT2D eigenvalue weighted by atomic mass is 35.5. The quantitative estimate of drug-likeness (QED) is 0.767. The third-order valence-electron chi connectivity index (χ3n) is 2.18. The van der Waals surface area contributed by atoms with Gasteiger partial charge < -0.3 is 9.15 Å². The molecule has 82 valence electrons. The summed E-state index contributed by atoms with van der Waals surface area (Å²) in [5, 5.41) is 0.504. The summed E-state index contributed by atoms with van der Waals surface area (Å²) in [5.74, 6) is 1.37. The van der Waals surface area contributed by atoms with Crippen LogP contribution in [0.2, 0.25) is 5.02 Å². The first-order valence-electron chi connectivity index (χ1n) is 4.64. The fraction of sp³-hybridized carbons (Fsp3) is 0.0833. The van der Waals surface area contributed by atoms with Crippen LogP contribution in [0.25, 0.3) is 11.3 Å². The van der Waals surface area contributed by atoms with E-state index in [4.69, 9.17) is 20.8 Å². The van der Waals surface area contributed by atoms with Gasteiger partial charge in [0.2, 0.25) is 0 Å². The first kappa shape index (κ1) is 10.8. The number of hydrogen-bond donors (Lipinski definition) is 0. The highest BCUT2D eigenvalue weighted by Gasteiger charge is 2.12. The first-order valence-corrected chi connectivity index (χ1v) is 5.02. The number of hydrogen-bond acceptors (Lipinski definition) is 3. The minimum atomic E-state index is 0.275. The van der Waals surface area contributed by atoms with Gasteiger partial charge in [-0.1, -0.05) is 17.7 Å². The lowest BCUT2D eigenvalue weighted by Gasteiger charge is -2.07. The summed E-state index contributed by atoms with van der Waals surface area (Å²) in [4.78, 5) is 10.5. The molecule has 0 N–H and O–H groups in total. The molecule has 2 rings (SSSR count). The molecule has 0 aliphatic carbocycles. The van der Waals surface area contributed by atoms with E-state index in [-0.39, 0.29) is 5.76 Å². The van der Waals surface area contributed by atoms with Crippen molar-refractivity contribution < 1.29 is 13.9 Å². The number of aldehydes is 1. The molecule has 4 heteroatoms. The molecule has 0 aliphatic rings. The first-order chi connectivity index (χ1) is 7.76. The Kier molecular flexibility index (Phi) is 2.97. The summed E-state index contributed by atoms with van der Waals surface area (Å²) in [6.07, 6.45) is 0.653. The number of ether oxygens (including phenoxy) is 1. The second-order valence-electron chi connectivity index (χ2n) is 3.14. The molecule has 0 unspecified atom stereocenters. The molecule has 0 saturated carbocycles. The van der Waals surface area contributed by atoms with Crippen LogP contribution in [0.15, 0.2) is 34.7 Å². The Hall–Kier alpha value is -1.74. The topological polar surface area (TPSA) is 39.4 Å². The normalized spacial score (nSPS) is 10.1. The zero-order valence-electron chi connectivity index (χ0n) is 8.57. The van der Waals surface area contributed by atoms with Crippen molar-refractivity contribution in [2.45, 2.75) is 0 Å². The van der Waals surface area contributed by atoms with Crippen molar-refractivity contribution in [3.05, 3.63) is 41.1 Å². The van der Waals surface area contributed by atoms with Gasteiger partial charge in [0.15, 0.2) is 12.0 Å². The molecule has 1 aromatic carbocycles. The van der Waals surface area contributed by atoms with E-state index in [0.29, 0.717) is 22.8 Å². The van der Waals surface area contributed by atoms with Crippen LogP contribution in [-0.2, 0) is 0 Å². The van der Waals surface area contributed by atoms with Crippen LogP contribution in [0.1, 0.15) is 10.6 Å². The highest BCUT2D eigenvalue weighted by molar-refractivity contribution is 6.32. The van der Waals surface area contributed by atoms with E-state index < -0.39 is 0 Å². The Bertz CT molecular complexity index is 517. The lowest BCUT2D eigenvalue weighted by Crippen LogP contribution is -1.87. The summed E-state index contributed by atoms with van der Waals surface area (Å²) in [5.41, 5.74) is 0.725. The smallest absolute Gasteiger partial charge is 0.185 e. The Morgan fingerprint density at radius 1 is 1.31 bits per heavy atom. The predicted molar refractivity (Wildman–Crippen MR) is 61.1 cm³/mol. The molecule has 2 aromatic rings. The lowest BCUT2D eigenvalue weighted by atomic mass is 10.1. The van der Waals surface area contributed by atoms with Crippen LogP contribution in [0, 0.1) is 0 Å². The highest BCUT2D eigenvalue weighted by Crippen LogP contribution is 2.36. The summed E-state index contributed by atoms with van der Waals surface area (Å²) in [6, 6.07) is 8.65. The molecular formula is C12H9ClO3. The third kappa shape index (κ3) is 1.82. The van der Waals surface area contributed by atoms with E-state index in [1.165, 1.54) is 7.11 Å². The van der Waals surface area contributed by atoms with Crippen LogP contribution >= 0.6 is 11.6 Å². The van der Waals surface area contributed by atoms with Crippen molar-refractivity contribution in [3.8, 4) is 17.1 Å². The molecular weight excluding hydrogens is 228 g/mol. The summed E-state index contributed by atoms with van der Waals surface area (Å²) in [6.45, 7) is 0. The summed E-state index contributed by atoms with van der Waals surface area (Å²) in [7, 11) is 1.54. The van der Waals surface area contributed by atoms with E-state index in [1.807, 2.05) is 6.07 Å². The number of para-hydroxylation sites is 1. The number of carbonyl (C=O) groups is 1. The standard InChI is InChI=1S/C12H9ClO3/c1-15-12-9(3-2-4-10(12)13)11-6-5-8(7-14)16-11/h2-7H,1H3. The molecule has 1 aromatic heterocycles. The van der Waals surface area contributed by atoms with Crippen LogP contribution in [0.4, 0.5) is 0 Å². The zero-order chi connectivity index (χ0) is 11.5. The number of furan rings is 1. The van der Waals surface area contributed by atoms with Gasteiger partial charge in [0.05, 0.1) is 17.7 Å². The SMILES string of the molecule is COc1c(Cl)cccc1-c1ccc(C=O)o1. The van der Waals surface area contributed by atoms with Crippen LogP contribution in [0.3, 0.4) is 0 Å². The lowest BCUT2D eigenvalue weighted by molar-refractivity contribution is 0.110. The molecule has 0 amide bonds. The van der Waals surface area contributed by atoms with Gasteiger partial charge in [-0.05, 0) is 24.3 Å². The van der Waals surface area contributed by atoms with Crippen molar-refractivity contribution in [2.75, 3.05) is 7.11 Å². The van der Waals surface area contributed by atoms with E-state index in [9.17, 15) is 4.79 Å². The number of benzene rings is 1. The molecule has 1 heterocycles. The third-order valence-corrected chi connectivity index (χ3v) is 2.48. The maximum atomic E-state index is 10.5. The van der Waals surface area contributed by atoms with E-state index in [1.54, 1.807) is 24.3 Å². The number of carbonyl (C=O) groups excluding carboxylic acids is 1. The fourth-order valence-electron chi connectivity index (χ4n) is 1.47. The maximum Gasteiger partial charge on any atom is 0.185 e. The zero-order valence-corrected chi connectivity index (χ0v) is 9.32. The molecule has 0 spiro atoms. The minimum absolute atomic E-state index is 0.275. The summed E-state index contributed by atoms with van der Waals surface area (Å²) < 4.78 is 10.5. The minimum Gasteiger partial charge on any atom is -0.494 e. The largest absolute Gasteiger partial charge is 0.494 e. The van der Waals surface area contributed by atoms with Gasteiger partial charge in [-0.15, -0.1) is 0 Å².